The molecule has 0 saturated carbocycles. The summed E-state index contributed by atoms with van der Waals surface area (Å²) >= 11 is 0. The Kier molecular flexibility index (Phi) is 4.82. The lowest BCUT2D eigenvalue weighted by atomic mass is 10.1. The molecule has 2 saturated heterocycles. The molecule has 0 N–H and O–H groups in total. The van der Waals surface area contributed by atoms with E-state index in [1.54, 1.807) is 6.92 Å². The normalized spacial score (nSPS) is 34.3. The van der Waals surface area contributed by atoms with Gasteiger partial charge in [0.2, 0.25) is 0 Å². The number of unbranched alkanes of at least 4 members (excludes halogenated alkanes) is 1. The van der Waals surface area contributed by atoms with Crippen molar-refractivity contribution in [2.24, 2.45) is 0 Å². The van der Waals surface area contributed by atoms with E-state index in [0.717, 1.165) is 24.8 Å². The zero-order valence-electron chi connectivity index (χ0n) is 13.2. The quantitative estimate of drug-likeness (QED) is 0.806. The van der Waals surface area contributed by atoms with Gasteiger partial charge in [-0.2, -0.15) is 4.39 Å². The van der Waals surface area contributed by atoms with Crippen LogP contribution in [-0.2, 0) is 25.6 Å². The predicted octanol–water partition coefficient (Wildman–Crippen LogP) is 3.29. The van der Waals surface area contributed by atoms with Gasteiger partial charge in [-0.3, -0.25) is 0 Å². The maximum absolute atomic E-state index is 13.1. The van der Waals surface area contributed by atoms with Gasteiger partial charge in [-0.1, -0.05) is 19.8 Å². The molecule has 124 valence electrons. The maximum atomic E-state index is 13.1. The van der Waals surface area contributed by atoms with E-state index in [-0.39, 0.29) is 37.5 Å². The van der Waals surface area contributed by atoms with Crippen molar-refractivity contribution in [3.63, 3.8) is 0 Å². The lowest BCUT2D eigenvalue weighted by Crippen LogP contribution is -2.35. The Morgan fingerprint density at radius 2 is 2.09 bits per heavy atom. The van der Waals surface area contributed by atoms with Crippen LogP contribution in [0.4, 0.5) is 4.39 Å². The summed E-state index contributed by atoms with van der Waals surface area (Å²) in [4.78, 5) is 0. The predicted molar refractivity (Wildman–Crippen MR) is 75.6 cm³/mol. The Hall–Kier alpha value is -0.950. The van der Waals surface area contributed by atoms with Crippen LogP contribution in [0, 0.1) is 12.9 Å². The van der Waals surface area contributed by atoms with Crippen LogP contribution in [0.5, 0.6) is 0 Å². The summed E-state index contributed by atoms with van der Waals surface area (Å²) in [7, 11) is 0. The van der Waals surface area contributed by atoms with E-state index in [1.165, 1.54) is 6.07 Å². The molecule has 3 heterocycles. The highest BCUT2D eigenvalue weighted by atomic mass is 19.1. The molecular formula is C16H23FO5. The number of fused-ring (bicyclic) bond motifs is 1. The summed E-state index contributed by atoms with van der Waals surface area (Å²) in [6.07, 6.45) is 1.82. The van der Waals surface area contributed by atoms with Gasteiger partial charge in [0.05, 0.1) is 6.10 Å². The molecule has 22 heavy (non-hydrogen) atoms. The first kappa shape index (κ1) is 15.9. The van der Waals surface area contributed by atoms with E-state index in [4.69, 9.17) is 23.4 Å². The van der Waals surface area contributed by atoms with Crippen molar-refractivity contribution in [3.8, 4) is 0 Å². The van der Waals surface area contributed by atoms with Crippen LogP contribution in [0.1, 0.15) is 44.4 Å². The van der Waals surface area contributed by atoms with Gasteiger partial charge >= 0.3 is 0 Å². The van der Waals surface area contributed by atoms with Crippen molar-refractivity contribution in [2.75, 3.05) is 0 Å². The minimum absolute atomic E-state index is 0.0671. The van der Waals surface area contributed by atoms with Gasteiger partial charge in [0.1, 0.15) is 24.6 Å². The molecule has 3 rings (SSSR count). The fraction of sp³-hybridized carbons (Fsp3) is 0.750. The van der Waals surface area contributed by atoms with Crippen molar-refractivity contribution in [1.29, 1.82) is 0 Å². The summed E-state index contributed by atoms with van der Waals surface area (Å²) in [5.41, 5.74) is 0.745. The Bertz CT molecular complexity index is 503. The Labute approximate surface area is 129 Å². The SMILES string of the molecule is CCCC[C@H]1OC2OC(C)O[C@@H]2[C@H]1OCc1oc(F)cc1C. The van der Waals surface area contributed by atoms with Gasteiger partial charge in [0, 0.05) is 6.07 Å². The van der Waals surface area contributed by atoms with E-state index in [2.05, 4.69) is 6.92 Å². The molecule has 2 fully saturated rings. The van der Waals surface area contributed by atoms with Gasteiger partial charge in [-0.25, -0.2) is 0 Å². The van der Waals surface area contributed by atoms with Crippen LogP contribution in [0.15, 0.2) is 10.5 Å². The van der Waals surface area contributed by atoms with E-state index in [0.29, 0.717) is 5.76 Å². The van der Waals surface area contributed by atoms with Gasteiger partial charge in [-0.15, -0.1) is 0 Å². The van der Waals surface area contributed by atoms with Crippen LogP contribution in [0.3, 0.4) is 0 Å². The molecule has 1 aromatic rings. The second kappa shape index (κ2) is 6.66. The number of furan rings is 1. The first-order valence-electron chi connectivity index (χ1n) is 7.91. The minimum Gasteiger partial charge on any atom is -0.433 e. The summed E-state index contributed by atoms with van der Waals surface area (Å²) in [6, 6.07) is 0.770. The van der Waals surface area contributed by atoms with Crippen molar-refractivity contribution in [1.82, 2.24) is 0 Å². The Balaban J connectivity index is 1.65. The van der Waals surface area contributed by atoms with Gasteiger partial charge in [0.25, 0.3) is 6.01 Å². The zero-order chi connectivity index (χ0) is 15.7. The van der Waals surface area contributed by atoms with E-state index in [9.17, 15) is 4.39 Å². The van der Waals surface area contributed by atoms with Crippen molar-refractivity contribution < 1.29 is 27.8 Å². The highest BCUT2D eigenvalue weighted by molar-refractivity contribution is 5.14. The number of ether oxygens (including phenoxy) is 4. The largest absolute Gasteiger partial charge is 0.433 e. The standard InChI is InChI=1S/C16H23FO5/c1-4-5-6-11-14(15-16(22-11)20-10(3)19-15)18-8-12-9(2)7-13(17)21-12/h7,10-11,14-16H,4-6,8H2,1-3H3/t10?,11-,14+,15-,16?/m1/s1. The van der Waals surface area contributed by atoms with Crippen LogP contribution in [0.2, 0.25) is 0 Å². The highest BCUT2D eigenvalue weighted by Crippen LogP contribution is 2.36. The second-order valence-electron chi connectivity index (χ2n) is 5.92. The Morgan fingerprint density at radius 3 is 2.77 bits per heavy atom. The summed E-state index contributed by atoms with van der Waals surface area (Å²) < 4.78 is 41.4. The van der Waals surface area contributed by atoms with E-state index < -0.39 is 6.01 Å². The number of hydrogen-bond acceptors (Lipinski definition) is 5. The molecule has 2 aliphatic heterocycles. The topological polar surface area (TPSA) is 50.1 Å². The molecule has 0 radical (unpaired) electrons. The summed E-state index contributed by atoms with van der Waals surface area (Å²) in [6.45, 7) is 5.97. The van der Waals surface area contributed by atoms with Crippen LogP contribution < -0.4 is 0 Å². The van der Waals surface area contributed by atoms with Crippen LogP contribution in [0.25, 0.3) is 0 Å². The monoisotopic (exact) mass is 314 g/mol. The third-order valence-corrected chi connectivity index (χ3v) is 4.18. The van der Waals surface area contributed by atoms with Crippen molar-refractivity contribution >= 4 is 0 Å². The summed E-state index contributed by atoms with van der Waals surface area (Å²) in [5.74, 6) is 0.502. The maximum Gasteiger partial charge on any atom is 0.278 e. The smallest absolute Gasteiger partial charge is 0.278 e. The van der Waals surface area contributed by atoms with E-state index >= 15 is 0 Å². The molecule has 0 aromatic carbocycles. The molecule has 1 aromatic heterocycles. The number of rotatable bonds is 6. The Morgan fingerprint density at radius 1 is 1.27 bits per heavy atom. The van der Waals surface area contributed by atoms with Crippen LogP contribution >= 0.6 is 0 Å². The zero-order valence-corrected chi connectivity index (χ0v) is 13.2. The van der Waals surface area contributed by atoms with Crippen molar-refractivity contribution in [3.05, 3.63) is 23.4 Å². The molecule has 5 nitrogen and oxygen atoms in total. The first-order chi connectivity index (χ1) is 10.6. The number of hydrogen-bond donors (Lipinski definition) is 0. The lowest BCUT2D eigenvalue weighted by Gasteiger charge is -2.22. The first-order valence-corrected chi connectivity index (χ1v) is 7.91. The lowest BCUT2D eigenvalue weighted by molar-refractivity contribution is -0.169. The third-order valence-electron chi connectivity index (χ3n) is 4.18. The molecular weight excluding hydrogens is 291 g/mol. The fourth-order valence-electron chi connectivity index (χ4n) is 3.02. The average molecular weight is 314 g/mol. The van der Waals surface area contributed by atoms with E-state index in [1.807, 2.05) is 6.92 Å². The third kappa shape index (κ3) is 3.20. The van der Waals surface area contributed by atoms with Crippen LogP contribution in [-0.4, -0.2) is 30.9 Å². The second-order valence-corrected chi connectivity index (χ2v) is 5.92. The molecule has 0 aliphatic carbocycles. The molecule has 6 heteroatoms. The minimum atomic E-state index is -0.590. The number of aryl methyl sites for hydroxylation is 1. The molecule has 0 bridgehead atoms. The van der Waals surface area contributed by atoms with Gasteiger partial charge in [-0.05, 0) is 25.8 Å². The molecule has 2 aliphatic rings. The highest BCUT2D eigenvalue weighted by Gasteiger charge is 2.51. The molecule has 0 amide bonds. The fourth-order valence-corrected chi connectivity index (χ4v) is 3.02. The van der Waals surface area contributed by atoms with Gasteiger partial charge < -0.3 is 23.4 Å². The molecule has 2 unspecified atom stereocenters. The van der Waals surface area contributed by atoms with Crippen molar-refractivity contribution in [2.45, 2.75) is 77.5 Å². The summed E-state index contributed by atoms with van der Waals surface area (Å²) in [5, 5.41) is 0. The molecule has 0 spiro atoms. The number of halogens is 1. The molecule has 5 atom stereocenters. The average Bonchev–Trinajstić information content (AvgIpc) is 3.07. The van der Waals surface area contributed by atoms with Gasteiger partial charge in [0.15, 0.2) is 12.6 Å².